The van der Waals surface area contributed by atoms with E-state index in [4.69, 9.17) is 5.11 Å². The highest BCUT2D eigenvalue weighted by atomic mass is 16.4. The van der Waals surface area contributed by atoms with Crippen LogP contribution in [0.15, 0.2) is 12.3 Å². The molecule has 25 heavy (non-hydrogen) atoms. The van der Waals surface area contributed by atoms with E-state index in [-0.39, 0.29) is 18.5 Å². The number of urea groups is 1. The topological polar surface area (TPSA) is 108 Å². The van der Waals surface area contributed by atoms with E-state index >= 15 is 0 Å². The second-order valence-electron chi connectivity index (χ2n) is 6.57. The van der Waals surface area contributed by atoms with Crippen molar-refractivity contribution < 1.29 is 19.5 Å². The maximum Gasteiger partial charge on any atom is 0.318 e. The molecule has 136 valence electrons. The molecule has 2 aliphatic heterocycles. The summed E-state index contributed by atoms with van der Waals surface area (Å²) in [7, 11) is 1.77. The van der Waals surface area contributed by atoms with Gasteiger partial charge in [0.1, 0.15) is 11.9 Å². The van der Waals surface area contributed by atoms with Gasteiger partial charge < -0.3 is 15.3 Å². The van der Waals surface area contributed by atoms with Crippen molar-refractivity contribution in [3.8, 4) is 0 Å². The Hall–Kier alpha value is -2.58. The van der Waals surface area contributed by atoms with Gasteiger partial charge in [-0.15, -0.1) is 0 Å². The molecule has 3 rings (SSSR count). The molecule has 2 saturated heterocycles. The second kappa shape index (κ2) is 7.12. The van der Waals surface area contributed by atoms with E-state index in [0.717, 1.165) is 6.42 Å². The van der Waals surface area contributed by atoms with E-state index in [1.807, 2.05) is 0 Å². The average Bonchev–Trinajstić information content (AvgIpc) is 3.02. The third-order valence-corrected chi connectivity index (χ3v) is 4.87. The number of aliphatic carboxylic acids is 1. The van der Waals surface area contributed by atoms with Crippen molar-refractivity contribution in [2.24, 2.45) is 13.0 Å². The quantitative estimate of drug-likeness (QED) is 0.822. The Bertz CT molecular complexity index is 673. The maximum atomic E-state index is 12.7. The van der Waals surface area contributed by atoms with Crippen LogP contribution in [0.2, 0.25) is 0 Å². The number of nitrogens with one attached hydrogen (secondary N) is 1. The number of amides is 3. The number of piperidine rings is 2. The molecule has 2 atom stereocenters. The Morgan fingerprint density at radius 2 is 2.04 bits per heavy atom. The second-order valence-corrected chi connectivity index (χ2v) is 6.57. The molecule has 1 aromatic rings. The summed E-state index contributed by atoms with van der Waals surface area (Å²) in [5, 5.41) is 16.0. The molecule has 2 aliphatic rings. The molecule has 1 aromatic heterocycles. The summed E-state index contributed by atoms with van der Waals surface area (Å²) in [6, 6.07) is 0.807. The summed E-state index contributed by atoms with van der Waals surface area (Å²) in [5.74, 6) is -0.871. The first kappa shape index (κ1) is 17.2. The van der Waals surface area contributed by atoms with Crippen molar-refractivity contribution in [1.29, 1.82) is 0 Å². The lowest BCUT2D eigenvalue weighted by atomic mass is 9.98. The summed E-state index contributed by atoms with van der Waals surface area (Å²) < 4.78 is 1.63. The van der Waals surface area contributed by atoms with Crippen LogP contribution in [-0.2, 0) is 16.6 Å². The fourth-order valence-corrected chi connectivity index (χ4v) is 3.47. The molecule has 0 aliphatic carbocycles. The number of hydrogen-bond acceptors (Lipinski definition) is 4. The number of anilines is 1. The van der Waals surface area contributed by atoms with Crippen LogP contribution in [0.3, 0.4) is 0 Å². The number of nitrogens with zero attached hydrogens (tertiary/aromatic N) is 4. The SMILES string of the molecule is Cn1nccc1N1CCCC(NC(=O)N2CCCC(C(=O)O)C2)C1=O. The number of carbonyl (C=O) groups excluding carboxylic acids is 2. The lowest BCUT2D eigenvalue weighted by molar-refractivity contribution is -0.143. The van der Waals surface area contributed by atoms with Crippen LogP contribution in [-0.4, -0.2) is 63.4 Å². The van der Waals surface area contributed by atoms with Gasteiger partial charge in [0.25, 0.3) is 5.91 Å². The largest absolute Gasteiger partial charge is 0.481 e. The van der Waals surface area contributed by atoms with Crippen molar-refractivity contribution in [2.45, 2.75) is 31.7 Å². The van der Waals surface area contributed by atoms with Gasteiger partial charge in [0.2, 0.25) is 0 Å². The first-order valence-corrected chi connectivity index (χ1v) is 8.55. The molecule has 0 radical (unpaired) electrons. The highest BCUT2D eigenvalue weighted by molar-refractivity contribution is 5.99. The Labute approximate surface area is 145 Å². The Morgan fingerprint density at radius 3 is 2.72 bits per heavy atom. The summed E-state index contributed by atoms with van der Waals surface area (Å²) in [4.78, 5) is 39.5. The lowest BCUT2D eigenvalue weighted by Crippen LogP contribution is -2.56. The van der Waals surface area contributed by atoms with Gasteiger partial charge in [-0.2, -0.15) is 5.10 Å². The zero-order valence-electron chi connectivity index (χ0n) is 14.2. The fraction of sp³-hybridized carbons (Fsp3) is 0.625. The first-order valence-electron chi connectivity index (χ1n) is 8.55. The molecule has 0 bridgehead atoms. The van der Waals surface area contributed by atoms with Crippen LogP contribution in [0.5, 0.6) is 0 Å². The van der Waals surface area contributed by atoms with Gasteiger partial charge in [-0.1, -0.05) is 0 Å². The predicted octanol–water partition coefficient (Wildman–Crippen LogP) is 0.422. The van der Waals surface area contributed by atoms with Crippen LogP contribution in [0.1, 0.15) is 25.7 Å². The highest BCUT2D eigenvalue weighted by Gasteiger charge is 2.34. The predicted molar refractivity (Wildman–Crippen MR) is 89.0 cm³/mol. The van der Waals surface area contributed by atoms with Crippen molar-refractivity contribution in [3.05, 3.63) is 12.3 Å². The minimum atomic E-state index is -0.881. The normalized spacial score (nSPS) is 24.3. The number of rotatable bonds is 3. The van der Waals surface area contributed by atoms with Gasteiger partial charge in [-0.25, -0.2) is 4.79 Å². The first-order chi connectivity index (χ1) is 12.0. The number of carboxylic acid groups (broad SMARTS) is 1. The number of aromatic nitrogens is 2. The van der Waals surface area contributed by atoms with Gasteiger partial charge in [-0.3, -0.25) is 19.2 Å². The molecule has 0 spiro atoms. The van der Waals surface area contributed by atoms with Crippen molar-refractivity contribution in [1.82, 2.24) is 20.0 Å². The monoisotopic (exact) mass is 349 g/mol. The maximum absolute atomic E-state index is 12.7. The lowest BCUT2D eigenvalue weighted by Gasteiger charge is -2.35. The van der Waals surface area contributed by atoms with Crippen LogP contribution >= 0.6 is 0 Å². The molecule has 2 unspecified atom stereocenters. The minimum absolute atomic E-state index is 0.157. The Kier molecular flexibility index (Phi) is 4.91. The summed E-state index contributed by atoms with van der Waals surface area (Å²) in [6.45, 7) is 1.30. The van der Waals surface area contributed by atoms with Gasteiger partial charge in [0.05, 0.1) is 12.1 Å². The smallest absolute Gasteiger partial charge is 0.318 e. The molecule has 9 nitrogen and oxygen atoms in total. The van der Waals surface area contributed by atoms with Crippen LogP contribution in [0.4, 0.5) is 10.6 Å². The number of likely N-dealkylation sites (tertiary alicyclic amines) is 1. The molecule has 2 N–H and O–H groups in total. The zero-order valence-corrected chi connectivity index (χ0v) is 14.2. The summed E-state index contributed by atoms with van der Waals surface area (Å²) in [5.41, 5.74) is 0. The summed E-state index contributed by atoms with van der Waals surface area (Å²) in [6.07, 6.45) is 4.22. The van der Waals surface area contributed by atoms with Crippen LogP contribution in [0.25, 0.3) is 0 Å². The van der Waals surface area contributed by atoms with E-state index in [0.29, 0.717) is 38.2 Å². The Morgan fingerprint density at radius 1 is 1.28 bits per heavy atom. The molecule has 3 heterocycles. The number of hydrogen-bond donors (Lipinski definition) is 2. The molecular formula is C16H23N5O4. The molecule has 2 fully saturated rings. The minimum Gasteiger partial charge on any atom is -0.481 e. The third-order valence-electron chi connectivity index (χ3n) is 4.87. The van der Waals surface area contributed by atoms with Crippen molar-refractivity contribution in [3.63, 3.8) is 0 Å². The number of carboxylic acids is 1. The average molecular weight is 349 g/mol. The molecular weight excluding hydrogens is 326 g/mol. The zero-order chi connectivity index (χ0) is 18.0. The number of carbonyl (C=O) groups is 3. The van der Waals surface area contributed by atoms with Crippen LogP contribution in [0, 0.1) is 5.92 Å². The number of aryl methyl sites for hydroxylation is 1. The standard InChI is InChI=1S/C16H23N5O4/c1-19-13(6-7-17-19)21-9-3-5-12(14(21)22)18-16(25)20-8-2-4-11(10-20)15(23)24/h6-7,11-12H,2-5,8-10H2,1H3,(H,18,25)(H,23,24). The van der Waals surface area contributed by atoms with E-state index in [9.17, 15) is 14.4 Å². The van der Waals surface area contributed by atoms with E-state index in [1.54, 1.807) is 28.9 Å². The third kappa shape index (κ3) is 3.59. The van der Waals surface area contributed by atoms with E-state index in [1.165, 1.54) is 4.90 Å². The van der Waals surface area contributed by atoms with Crippen LogP contribution < -0.4 is 10.2 Å². The fourth-order valence-electron chi connectivity index (χ4n) is 3.47. The van der Waals surface area contributed by atoms with Gasteiger partial charge in [-0.05, 0) is 25.7 Å². The van der Waals surface area contributed by atoms with Crippen molar-refractivity contribution >= 4 is 23.7 Å². The molecule has 9 heteroatoms. The van der Waals surface area contributed by atoms with Gasteiger partial charge in [0, 0.05) is 32.7 Å². The van der Waals surface area contributed by atoms with E-state index in [2.05, 4.69) is 10.4 Å². The highest BCUT2D eigenvalue weighted by Crippen LogP contribution is 2.21. The molecule has 3 amide bonds. The van der Waals surface area contributed by atoms with Gasteiger partial charge in [0.15, 0.2) is 0 Å². The van der Waals surface area contributed by atoms with Crippen molar-refractivity contribution in [2.75, 3.05) is 24.5 Å². The molecule has 0 aromatic carbocycles. The Balaban J connectivity index is 1.64. The van der Waals surface area contributed by atoms with Gasteiger partial charge >= 0.3 is 12.0 Å². The molecule has 0 saturated carbocycles. The van der Waals surface area contributed by atoms with E-state index < -0.39 is 17.9 Å². The summed E-state index contributed by atoms with van der Waals surface area (Å²) >= 11 is 0.